The zero-order chi connectivity index (χ0) is 23.3. The first kappa shape index (κ1) is 21.0. The highest BCUT2D eigenvalue weighted by Gasteiger charge is 2.27. The Morgan fingerprint density at radius 1 is 1.21 bits per heavy atom. The van der Waals surface area contributed by atoms with Crippen molar-refractivity contribution in [3.05, 3.63) is 57.1 Å². The molecule has 0 atom stereocenters. The molecule has 10 nitrogen and oxygen atoms in total. The predicted octanol–water partition coefficient (Wildman–Crippen LogP) is 1.33. The molecule has 10 heteroatoms. The number of imidazole rings is 1. The Hall–Kier alpha value is -3.82. The first-order valence-corrected chi connectivity index (χ1v) is 10.9. The number of hydrogen-bond acceptors (Lipinski definition) is 5. The number of ether oxygens (including phenoxy) is 1. The van der Waals surface area contributed by atoms with E-state index in [0.717, 1.165) is 34.1 Å². The van der Waals surface area contributed by atoms with Crippen LogP contribution in [0.2, 0.25) is 0 Å². The molecular formula is C23H26N6O4. The summed E-state index contributed by atoms with van der Waals surface area (Å²) in [6.45, 7) is 0.869. The standard InChI is InChI=1S/C23H26N6O4/c1-26-13-25-21-20(26)22(31)29(23(32)27(21)2)12-19(30)28-8-6-14(7-9-28)17-11-24-18-5-4-15(33-3)10-16(17)18/h4-5,10-11,13-14,24H,6-9,12H2,1-3H3. The van der Waals surface area contributed by atoms with Crippen molar-refractivity contribution >= 4 is 28.0 Å². The number of carbonyl (C=O) groups is 1. The lowest BCUT2D eigenvalue weighted by molar-refractivity contribution is -0.133. The van der Waals surface area contributed by atoms with Gasteiger partial charge in [0.25, 0.3) is 5.56 Å². The topological polar surface area (TPSA) is 107 Å². The van der Waals surface area contributed by atoms with Crippen molar-refractivity contribution in [2.24, 2.45) is 14.1 Å². The Morgan fingerprint density at radius 3 is 2.70 bits per heavy atom. The molecule has 1 N–H and O–H groups in total. The minimum atomic E-state index is -0.540. The number of methoxy groups -OCH3 is 1. The Bertz CT molecular complexity index is 1480. The lowest BCUT2D eigenvalue weighted by Gasteiger charge is -2.32. The molecule has 0 spiro atoms. The van der Waals surface area contributed by atoms with Crippen LogP contribution in [0.1, 0.15) is 24.3 Å². The van der Waals surface area contributed by atoms with E-state index in [1.54, 1.807) is 30.7 Å². The maximum Gasteiger partial charge on any atom is 0.332 e. The van der Waals surface area contributed by atoms with Crippen molar-refractivity contribution in [1.29, 1.82) is 0 Å². The number of nitrogens with one attached hydrogen (secondary N) is 1. The van der Waals surface area contributed by atoms with Gasteiger partial charge in [0.15, 0.2) is 11.2 Å². The van der Waals surface area contributed by atoms with Crippen molar-refractivity contribution in [2.75, 3.05) is 20.2 Å². The van der Waals surface area contributed by atoms with E-state index in [9.17, 15) is 14.4 Å². The van der Waals surface area contributed by atoms with Gasteiger partial charge in [-0.2, -0.15) is 0 Å². The summed E-state index contributed by atoms with van der Waals surface area (Å²) in [5.41, 5.74) is 1.87. The molecule has 1 aliphatic rings. The molecule has 172 valence electrons. The first-order valence-electron chi connectivity index (χ1n) is 10.9. The van der Waals surface area contributed by atoms with Crippen LogP contribution in [0.15, 0.2) is 40.3 Å². The van der Waals surface area contributed by atoms with Crippen LogP contribution in [-0.4, -0.2) is 54.7 Å². The molecule has 1 aliphatic heterocycles. The Kier molecular flexibility index (Phi) is 5.07. The third kappa shape index (κ3) is 3.42. The van der Waals surface area contributed by atoms with Crippen LogP contribution in [0.5, 0.6) is 5.75 Å². The maximum atomic E-state index is 13.0. The van der Waals surface area contributed by atoms with Crippen LogP contribution >= 0.6 is 0 Å². The van der Waals surface area contributed by atoms with Gasteiger partial charge in [0.2, 0.25) is 5.91 Å². The SMILES string of the molecule is COc1ccc2[nH]cc(C3CCN(C(=O)Cn4c(=O)c5c(ncn5C)n(C)c4=O)CC3)c2c1. The minimum Gasteiger partial charge on any atom is -0.497 e. The number of benzene rings is 1. The molecule has 4 heterocycles. The summed E-state index contributed by atoms with van der Waals surface area (Å²) >= 11 is 0. The van der Waals surface area contributed by atoms with Gasteiger partial charge in [-0.05, 0) is 42.5 Å². The summed E-state index contributed by atoms with van der Waals surface area (Å²) in [5.74, 6) is 0.902. The highest BCUT2D eigenvalue weighted by atomic mass is 16.5. The Balaban J connectivity index is 1.34. The average Bonchev–Trinajstić information content (AvgIpc) is 3.43. The number of piperidine rings is 1. The third-order valence-electron chi connectivity index (χ3n) is 6.70. The van der Waals surface area contributed by atoms with Gasteiger partial charge in [-0.15, -0.1) is 0 Å². The molecular weight excluding hydrogens is 424 g/mol. The monoisotopic (exact) mass is 450 g/mol. The largest absolute Gasteiger partial charge is 0.497 e. The lowest BCUT2D eigenvalue weighted by Crippen LogP contribution is -2.46. The highest BCUT2D eigenvalue weighted by molar-refractivity contribution is 5.85. The summed E-state index contributed by atoms with van der Waals surface area (Å²) in [7, 11) is 4.90. The maximum absolute atomic E-state index is 13.0. The van der Waals surface area contributed by atoms with Crippen LogP contribution in [0.4, 0.5) is 0 Å². The molecule has 1 fully saturated rings. The van der Waals surface area contributed by atoms with Gasteiger partial charge in [-0.1, -0.05) is 0 Å². The smallest absolute Gasteiger partial charge is 0.332 e. The second kappa shape index (κ2) is 7.95. The minimum absolute atomic E-state index is 0.227. The van der Waals surface area contributed by atoms with E-state index in [1.165, 1.54) is 16.5 Å². The first-order chi connectivity index (χ1) is 15.9. The van der Waals surface area contributed by atoms with Crippen LogP contribution in [0.3, 0.4) is 0 Å². The van der Waals surface area contributed by atoms with Gasteiger partial charge < -0.3 is 19.2 Å². The van der Waals surface area contributed by atoms with Gasteiger partial charge in [-0.25, -0.2) is 14.3 Å². The normalized spacial score (nSPS) is 14.9. The van der Waals surface area contributed by atoms with E-state index in [2.05, 4.69) is 9.97 Å². The summed E-state index contributed by atoms with van der Waals surface area (Å²) in [6, 6.07) is 5.97. The average molecular weight is 450 g/mol. The molecule has 1 saturated heterocycles. The number of nitrogens with zero attached hydrogens (tertiary/aromatic N) is 5. The number of carbonyl (C=O) groups excluding carboxylic acids is 1. The molecule has 1 aromatic carbocycles. The number of aromatic amines is 1. The van der Waals surface area contributed by atoms with E-state index in [0.29, 0.717) is 30.2 Å². The van der Waals surface area contributed by atoms with E-state index < -0.39 is 11.2 Å². The number of H-pyrrole nitrogens is 1. The molecule has 4 aromatic rings. The molecule has 33 heavy (non-hydrogen) atoms. The molecule has 3 aromatic heterocycles. The number of aryl methyl sites for hydroxylation is 2. The predicted molar refractivity (Wildman–Crippen MR) is 124 cm³/mol. The number of aromatic nitrogens is 5. The van der Waals surface area contributed by atoms with Gasteiger partial charge >= 0.3 is 5.69 Å². The fourth-order valence-corrected chi connectivity index (χ4v) is 4.80. The van der Waals surface area contributed by atoms with Crippen molar-refractivity contribution in [3.63, 3.8) is 0 Å². The highest BCUT2D eigenvalue weighted by Crippen LogP contribution is 2.34. The van der Waals surface area contributed by atoms with E-state index in [1.807, 2.05) is 24.4 Å². The molecule has 5 rings (SSSR count). The molecule has 0 aliphatic carbocycles. The number of hydrogen-bond donors (Lipinski definition) is 1. The Labute approximate surface area is 189 Å². The lowest BCUT2D eigenvalue weighted by atomic mass is 9.89. The van der Waals surface area contributed by atoms with Gasteiger partial charge in [-0.3, -0.25) is 14.2 Å². The van der Waals surface area contributed by atoms with Gasteiger partial charge in [0.1, 0.15) is 12.3 Å². The zero-order valence-electron chi connectivity index (χ0n) is 18.9. The van der Waals surface area contributed by atoms with Crippen molar-refractivity contribution in [1.82, 2.24) is 28.6 Å². The second-order valence-corrected chi connectivity index (χ2v) is 8.57. The fourth-order valence-electron chi connectivity index (χ4n) is 4.80. The summed E-state index contributed by atoms with van der Waals surface area (Å²) in [5, 5.41) is 1.14. The quantitative estimate of drug-likeness (QED) is 0.505. The number of rotatable bonds is 4. The molecule has 0 bridgehead atoms. The molecule has 0 unspecified atom stereocenters. The van der Waals surface area contributed by atoms with Crippen LogP contribution in [-0.2, 0) is 25.4 Å². The number of fused-ring (bicyclic) bond motifs is 2. The van der Waals surface area contributed by atoms with Crippen molar-refractivity contribution in [3.8, 4) is 5.75 Å². The van der Waals surface area contributed by atoms with Crippen LogP contribution < -0.4 is 16.0 Å². The zero-order valence-corrected chi connectivity index (χ0v) is 18.9. The fraction of sp³-hybridized carbons (Fsp3) is 0.391. The molecule has 0 saturated carbocycles. The summed E-state index contributed by atoms with van der Waals surface area (Å²) in [6.07, 6.45) is 5.15. The van der Waals surface area contributed by atoms with Crippen molar-refractivity contribution < 1.29 is 9.53 Å². The number of amides is 1. The molecule has 1 amide bonds. The summed E-state index contributed by atoms with van der Waals surface area (Å²) in [4.78, 5) is 47.8. The Morgan fingerprint density at radius 2 is 1.97 bits per heavy atom. The van der Waals surface area contributed by atoms with Gasteiger partial charge in [0, 0.05) is 44.3 Å². The van der Waals surface area contributed by atoms with Gasteiger partial charge in [0.05, 0.1) is 13.4 Å². The third-order valence-corrected chi connectivity index (χ3v) is 6.70. The second-order valence-electron chi connectivity index (χ2n) is 8.57. The molecule has 0 radical (unpaired) electrons. The van der Waals surface area contributed by atoms with Crippen LogP contribution in [0.25, 0.3) is 22.1 Å². The van der Waals surface area contributed by atoms with E-state index in [-0.39, 0.29) is 12.5 Å². The van der Waals surface area contributed by atoms with Crippen LogP contribution in [0, 0.1) is 0 Å². The van der Waals surface area contributed by atoms with E-state index in [4.69, 9.17) is 4.74 Å². The van der Waals surface area contributed by atoms with E-state index >= 15 is 0 Å². The summed E-state index contributed by atoms with van der Waals surface area (Å²) < 4.78 is 9.25. The van der Waals surface area contributed by atoms with Crippen molar-refractivity contribution in [2.45, 2.75) is 25.3 Å². The number of likely N-dealkylation sites (tertiary alicyclic amines) is 1.